The highest BCUT2D eigenvalue weighted by Gasteiger charge is 2.27. The molecule has 1 unspecified atom stereocenters. The molecule has 0 amide bonds. The normalized spacial score (nSPS) is 31.9. The molecular formula is C10H19N3O. The Kier molecular flexibility index (Phi) is 2.91. The summed E-state index contributed by atoms with van der Waals surface area (Å²) in [6, 6.07) is 0.144. The number of aliphatic hydroxyl groups excluding tert-OH is 1. The van der Waals surface area contributed by atoms with E-state index >= 15 is 0 Å². The Bertz CT molecular complexity index is 229. The Morgan fingerprint density at radius 3 is 3.07 bits per heavy atom. The minimum Gasteiger partial charge on any atom is -0.394 e. The van der Waals surface area contributed by atoms with Gasteiger partial charge in [-0.2, -0.15) is 0 Å². The van der Waals surface area contributed by atoms with Crippen LogP contribution in [0, 0.1) is 5.92 Å². The summed E-state index contributed by atoms with van der Waals surface area (Å²) in [6.45, 7) is 5.38. The highest BCUT2D eigenvalue weighted by Crippen LogP contribution is 2.19. The number of aliphatic hydroxyl groups is 1. The first-order valence-electron chi connectivity index (χ1n) is 5.50. The van der Waals surface area contributed by atoms with Crippen molar-refractivity contribution in [2.75, 3.05) is 26.2 Å². The zero-order valence-corrected chi connectivity index (χ0v) is 8.74. The quantitative estimate of drug-likeness (QED) is 0.657. The second-order valence-electron chi connectivity index (χ2n) is 4.20. The number of rotatable bonds is 2. The molecule has 0 spiro atoms. The third-order valence-electron chi connectivity index (χ3n) is 3.18. The Morgan fingerprint density at radius 2 is 2.50 bits per heavy atom. The van der Waals surface area contributed by atoms with Gasteiger partial charge in [-0.3, -0.25) is 4.99 Å². The second-order valence-corrected chi connectivity index (χ2v) is 4.20. The molecule has 4 nitrogen and oxygen atoms in total. The molecule has 0 aromatic heterocycles. The molecule has 14 heavy (non-hydrogen) atoms. The van der Waals surface area contributed by atoms with Gasteiger partial charge in [0.05, 0.1) is 19.2 Å². The van der Waals surface area contributed by atoms with Crippen LogP contribution in [0.4, 0.5) is 0 Å². The molecule has 2 rings (SSSR count). The van der Waals surface area contributed by atoms with Crippen LogP contribution in [0.5, 0.6) is 0 Å². The van der Waals surface area contributed by atoms with E-state index in [4.69, 9.17) is 5.11 Å². The van der Waals surface area contributed by atoms with E-state index in [1.165, 1.54) is 12.8 Å². The van der Waals surface area contributed by atoms with E-state index in [0.29, 0.717) is 0 Å². The molecule has 2 aliphatic rings. The fraction of sp³-hybridized carbons (Fsp3) is 0.900. The topological polar surface area (TPSA) is 47.9 Å². The molecule has 2 N–H and O–H groups in total. The molecule has 4 heteroatoms. The molecule has 1 saturated heterocycles. The molecule has 0 bridgehead atoms. The summed E-state index contributed by atoms with van der Waals surface area (Å²) in [5, 5.41) is 12.2. The van der Waals surface area contributed by atoms with Gasteiger partial charge in [0.15, 0.2) is 5.96 Å². The first-order valence-corrected chi connectivity index (χ1v) is 5.50. The van der Waals surface area contributed by atoms with Crippen molar-refractivity contribution in [3.8, 4) is 0 Å². The van der Waals surface area contributed by atoms with E-state index in [1.54, 1.807) is 0 Å². The van der Waals surface area contributed by atoms with Gasteiger partial charge in [-0.1, -0.05) is 13.3 Å². The van der Waals surface area contributed by atoms with Gasteiger partial charge < -0.3 is 15.3 Å². The van der Waals surface area contributed by atoms with E-state index in [0.717, 1.165) is 31.5 Å². The fourth-order valence-electron chi connectivity index (χ4n) is 2.12. The summed E-state index contributed by atoms with van der Waals surface area (Å²) in [7, 11) is 0. The molecule has 0 saturated carbocycles. The molecule has 1 fully saturated rings. The number of hydrogen-bond acceptors (Lipinski definition) is 4. The SMILES string of the molecule is CCC1CCN(C2=NC[C@@H](CO)N2)C1. The van der Waals surface area contributed by atoms with Crippen LogP contribution in [0.15, 0.2) is 4.99 Å². The largest absolute Gasteiger partial charge is 0.394 e. The molecule has 0 aliphatic carbocycles. The third-order valence-corrected chi connectivity index (χ3v) is 3.18. The molecule has 0 aromatic rings. The fourth-order valence-corrected chi connectivity index (χ4v) is 2.12. The van der Waals surface area contributed by atoms with E-state index in [-0.39, 0.29) is 12.6 Å². The third kappa shape index (κ3) is 1.85. The summed E-state index contributed by atoms with van der Waals surface area (Å²) in [5.41, 5.74) is 0. The maximum absolute atomic E-state index is 8.97. The van der Waals surface area contributed by atoms with Crippen molar-refractivity contribution in [2.45, 2.75) is 25.8 Å². The Morgan fingerprint density at radius 1 is 1.64 bits per heavy atom. The maximum Gasteiger partial charge on any atom is 0.194 e. The number of aliphatic imine (C=N–C) groups is 1. The van der Waals surface area contributed by atoms with Crippen molar-refractivity contribution in [2.24, 2.45) is 10.9 Å². The van der Waals surface area contributed by atoms with Crippen molar-refractivity contribution in [1.29, 1.82) is 0 Å². The first kappa shape index (κ1) is 9.77. The maximum atomic E-state index is 8.97. The zero-order valence-electron chi connectivity index (χ0n) is 8.74. The Labute approximate surface area is 85.0 Å². The van der Waals surface area contributed by atoms with Crippen molar-refractivity contribution in [1.82, 2.24) is 10.2 Å². The lowest BCUT2D eigenvalue weighted by molar-refractivity contribution is 0.262. The molecule has 0 radical (unpaired) electrons. The summed E-state index contributed by atoms with van der Waals surface area (Å²) in [4.78, 5) is 6.72. The zero-order chi connectivity index (χ0) is 9.97. The lowest BCUT2D eigenvalue weighted by Gasteiger charge is -2.19. The van der Waals surface area contributed by atoms with Gasteiger partial charge in [0, 0.05) is 13.1 Å². The van der Waals surface area contributed by atoms with Crippen LogP contribution in [0.3, 0.4) is 0 Å². The number of likely N-dealkylation sites (tertiary alicyclic amines) is 1. The van der Waals surface area contributed by atoms with E-state index in [1.807, 2.05) is 0 Å². The smallest absolute Gasteiger partial charge is 0.194 e. The monoisotopic (exact) mass is 197 g/mol. The van der Waals surface area contributed by atoms with Crippen LogP contribution < -0.4 is 5.32 Å². The van der Waals surface area contributed by atoms with E-state index in [9.17, 15) is 0 Å². The van der Waals surface area contributed by atoms with Crippen LogP contribution in [-0.2, 0) is 0 Å². The van der Waals surface area contributed by atoms with E-state index < -0.39 is 0 Å². The minimum absolute atomic E-state index is 0.144. The molecule has 2 atom stereocenters. The van der Waals surface area contributed by atoms with Gasteiger partial charge in [-0.15, -0.1) is 0 Å². The van der Waals surface area contributed by atoms with Gasteiger partial charge in [0.1, 0.15) is 0 Å². The number of nitrogens with zero attached hydrogens (tertiary/aromatic N) is 2. The highest BCUT2D eigenvalue weighted by atomic mass is 16.3. The first-order chi connectivity index (χ1) is 6.83. The minimum atomic E-state index is 0.144. The van der Waals surface area contributed by atoms with Gasteiger partial charge in [0.25, 0.3) is 0 Å². The van der Waals surface area contributed by atoms with Crippen molar-refractivity contribution < 1.29 is 5.11 Å². The van der Waals surface area contributed by atoms with Crippen molar-refractivity contribution >= 4 is 5.96 Å². The van der Waals surface area contributed by atoms with Crippen LogP contribution >= 0.6 is 0 Å². The molecule has 2 aliphatic heterocycles. The van der Waals surface area contributed by atoms with Gasteiger partial charge in [-0.25, -0.2) is 0 Å². The number of guanidine groups is 1. The summed E-state index contributed by atoms with van der Waals surface area (Å²) >= 11 is 0. The molecule has 2 heterocycles. The van der Waals surface area contributed by atoms with Crippen LogP contribution in [0.25, 0.3) is 0 Å². The van der Waals surface area contributed by atoms with Gasteiger partial charge in [0.2, 0.25) is 0 Å². The van der Waals surface area contributed by atoms with E-state index in [2.05, 4.69) is 22.1 Å². The van der Waals surface area contributed by atoms with Gasteiger partial charge in [-0.05, 0) is 12.3 Å². The van der Waals surface area contributed by atoms with Gasteiger partial charge >= 0.3 is 0 Å². The average Bonchev–Trinajstić information content (AvgIpc) is 2.86. The lowest BCUT2D eigenvalue weighted by Crippen LogP contribution is -2.42. The standard InChI is InChI=1S/C10H19N3O/c1-2-8-3-4-13(6-8)10-11-5-9(7-14)12-10/h8-9,14H,2-7H2,1H3,(H,11,12)/t8?,9-/m0/s1. The predicted molar refractivity (Wildman–Crippen MR) is 56.3 cm³/mol. The Hall–Kier alpha value is -0.770. The number of hydrogen-bond donors (Lipinski definition) is 2. The average molecular weight is 197 g/mol. The van der Waals surface area contributed by atoms with Crippen LogP contribution in [0.2, 0.25) is 0 Å². The lowest BCUT2D eigenvalue weighted by atomic mass is 10.1. The van der Waals surface area contributed by atoms with Crippen molar-refractivity contribution in [3.63, 3.8) is 0 Å². The van der Waals surface area contributed by atoms with Crippen molar-refractivity contribution in [3.05, 3.63) is 0 Å². The second kappa shape index (κ2) is 4.17. The predicted octanol–water partition coefficient (Wildman–Crippen LogP) is 0.0384. The van der Waals surface area contributed by atoms with Crippen LogP contribution in [-0.4, -0.2) is 48.2 Å². The summed E-state index contributed by atoms with van der Waals surface area (Å²) in [6.07, 6.45) is 2.54. The molecule has 80 valence electrons. The van der Waals surface area contributed by atoms with Crippen LogP contribution in [0.1, 0.15) is 19.8 Å². The Balaban J connectivity index is 1.86. The molecular weight excluding hydrogens is 178 g/mol. The summed E-state index contributed by atoms with van der Waals surface area (Å²) in [5.74, 6) is 1.83. The molecule has 0 aromatic carbocycles. The summed E-state index contributed by atoms with van der Waals surface area (Å²) < 4.78 is 0. The number of nitrogens with one attached hydrogen (secondary N) is 1. The highest BCUT2D eigenvalue weighted by molar-refractivity contribution is 5.82.